The summed E-state index contributed by atoms with van der Waals surface area (Å²) in [5.41, 5.74) is 6.71. The minimum Gasteiger partial charge on any atom is -0.322 e. The number of hydrogen-bond acceptors (Lipinski definition) is 5. The SMILES string of the molecule is Cc1ccc(-n2nc(C)c(NC(=O)CSc3nnc(C)n3-c3cccc(C)c3)c2C)cc1. The molecule has 0 saturated carbocycles. The van der Waals surface area contributed by atoms with Gasteiger partial charge in [0.05, 0.1) is 28.5 Å². The Bertz CT molecular complexity index is 1270. The van der Waals surface area contributed by atoms with Crippen molar-refractivity contribution in [1.29, 1.82) is 0 Å². The summed E-state index contributed by atoms with van der Waals surface area (Å²) in [6.07, 6.45) is 0. The Kier molecular flexibility index (Phi) is 6.14. The van der Waals surface area contributed by atoms with Gasteiger partial charge in [0, 0.05) is 5.69 Å². The maximum atomic E-state index is 12.8. The Hall–Kier alpha value is -3.39. The van der Waals surface area contributed by atoms with Crippen LogP contribution in [0.25, 0.3) is 11.4 Å². The van der Waals surface area contributed by atoms with Gasteiger partial charge in [-0.15, -0.1) is 10.2 Å². The highest BCUT2D eigenvalue weighted by Crippen LogP contribution is 2.25. The monoisotopic (exact) mass is 446 g/mol. The van der Waals surface area contributed by atoms with E-state index >= 15 is 0 Å². The molecule has 4 aromatic rings. The molecule has 0 aliphatic carbocycles. The molecule has 0 aliphatic heterocycles. The number of thioether (sulfide) groups is 1. The molecule has 0 fully saturated rings. The number of carbonyl (C=O) groups is 1. The Morgan fingerprint density at radius 1 is 0.938 bits per heavy atom. The van der Waals surface area contributed by atoms with Crippen LogP contribution >= 0.6 is 11.8 Å². The zero-order valence-electron chi connectivity index (χ0n) is 18.9. The second-order valence-electron chi connectivity index (χ2n) is 7.83. The third kappa shape index (κ3) is 4.45. The lowest BCUT2D eigenvalue weighted by molar-refractivity contribution is -0.113. The number of rotatable bonds is 6. The van der Waals surface area contributed by atoms with Gasteiger partial charge >= 0.3 is 0 Å². The van der Waals surface area contributed by atoms with Crippen LogP contribution in [0.2, 0.25) is 0 Å². The number of aromatic nitrogens is 5. The van der Waals surface area contributed by atoms with Crippen LogP contribution in [0.1, 0.15) is 28.3 Å². The summed E-state index contributed by atoms with van der Waals surface area (Å²) in [6.45, 7) is 9.87. The molecule has 2 heterocycles. The summed E-state index contributed by atoms with van der Waals surface area (Å²) in [4.78, 5) is 12.8. The Morgan fingerprint density at radius 3 is 2.41 bits per heavy atom. The van der Waals surface area contributed by atoms with Gasteiger partial charge in [0.2, 0.25) is 5.91 Å². The maximum absolute atomic E-state index is 12.8. The minimum atomic E-state index is -0.110. The first kappa shape index (κ1) is 21.8. The molecule has 0 unspecified atom stereocenters. The molecule has 8 heteroatoms. The van der Waals surface area contributed by atoms with Crippen molar-refractivity contribution in [1.82, 2.24) is 24.5 Å². The van der Waals surface area contributed by atoms with Gasteiger partial charge in [-0.05, 0) is 64.4 Å². The molecule has 0 bridgehead atoms. The van der Waals surface area contributed by atoms with Crippen molar-refractivity contribution in [3.8, 4) is 11.4 Å². The average molecular weight is 447 g/mol. The van der Waals surface area contributed by atoms with Crippen molar-refractivity contribution in [2.75, 3.05) is 11.1 Å². The minimum absolute atomic E-state index is 0.110. The van der Waals surface area contributed by atoms with E-state index in [-0.39, 0.29) is 11.7 Å². The molecule has 32 heavy (non-hydrogen) atoms. The average Bonchev–Trinajstić information content (AvgIpc) is 3.27. The first-order valence-corrected chi connectivity index (χ1v) is 11.4. The van der Waals surface area contributed by atoms with Gasteiger partial charge in [-0.25, -0.2) is 4.68 Å². The van der Waals surface area contributed by atoms with Crippen LogP contribution in [-0.2, 0) is 4.79 Å². The predicted octanol–water partition coefficient (Wildman–Crippen LogP) is 4.73. The third-order valence-electron chi connectivity index (χ3n) is 5.22. The van der Waals surface area contributed by atoms with E-state index in [9.17, 15) is 4.79 Å². The summed E-state index contributed by atoms with van der Waals surface area (Å²) in [6, 6.07) is 16.3. The second-order valence-corrected chi connectivity index (χ2v) is 8.78. The van der Waals surface area contributed by atoms with E-state index in [1.807, 2.05) is 79.4 Å². The molecule has 0 spiro atoms. The van der Waals surface area contributed by atoms with Gasteiger partial charge in [-0.3, -0.25) is 9.36 Å². The molecule has 0 radical (unpaired) electrons. The molecular weight excluding hydrogens is 420 g/mol. The molecule has 4 rings (SSSR count). The van der Waals surface area contributed by atoms with E-state index < -0.39 is 0 Å². The van der Waals surface area contributed by atoms with Crippen molar-refractivity contribution < 1.29 is 4.79 Å². The van der Waals surface area contributed by atoms with Gasteiger partial charge in [0.15, 0.2) is 5.16 Å². The number of hydrogen-bond donors (Lipinski definition) is 1. The van der Waals surface area contributed by atoms with Gasteiger partial charge < -0.3 is 5.32 Å². The van der Waals surface area contributed by atoms with Crippen LogP contribution in [-0.4, -0.2) is 36.2 Å². The fourth-order valence-corrected chi connectivity index (χ4v) is 4.36. The Balaban J connectivity index is 1.49. The largest absolute Gasteiger partial charge is 0.322 e. The molecule has 7 nitrogen and oxygen atoms in total. The van der Waals surface area contributed by atoms with E-state index in [1.54, 1.807) is 0 Å². The van der Waals surface area contributed by atoms with Crippen LogP contribution in [0.4, 0.5) is 5.69 Å². The van der Waals surface area contributed by atoms with Gasteiger partial charge in [-0.2, -0.15) is 5.10 Å². The lowest BCUT2D eigenvalue weighted by Gasteiger charge is -2.10. The van der Waals surface area contributed by atoms with Crippen LogP contribution in [0.3, 0.4) is 0 Å². The molecule has 0 saturated heterocycles. The highest BCUT2D eigenvalue weighted by molar-refractivity contribution is 7.99. The lowest BCUT2D eigenvalue weighted by Crippen LogP contribution is -2.16. The number of nitrogens with one attached hydrogen (secondary N) is 1. The molecule has 164 valence electrons. The van der Waals surface area contributed by atoms with Gasteiger partial charge in [0.25, 0.3) is 0 Å². The van der Waals surface area contributed by atoms with Crippen LogP contribution in [0.15, 0.2) is 53.7 Å². The summed E-state index contributed by atoms with van der Waals surface area (Å²) in [5.74, 6) is 0.893. The van der Waals surface area contributed by atoms with Crippen LogP contribution in [0.5, 0.6) is 0 Å². The number of nitrogens with zero attached hydrogens (tertiary/aromatic N) is 5. The number of benzene rings is 2. The highest BCUT2D eigenvalue weighted by atomic mass is 32.2. The molecule has 0 aliphatic rings. The first-order valence-electron chi connectivity index (χ1n) is 10.4. The standard InChI is InChI=1S/C24H26N6OS/c1-15-9-11-20(12-10-15)30-18(4)23(17(3)28-30)25-22(31)14-32-24-27-26-19(5)29(24)21-8-6-7-16(2)13-21/h6-13H,14H2,1-5H3,(H,25,31). The van der Waals surface area contributed by atoms with Crippen molar-refractivity contribution in [3.63, 3.8) is 0 Å². The van der Waals surface area contributed by atoms with Crippen molar-refractivity contribution in [3.05, 3.63) is 76.9 Å². The zero-order valence-corrected chi connectivity index (χ0v) is 19.7. The fourth-order valence-electron chi connectivity index (χ4n) is 3.57. The molecule has 1 amide bonds. The van der Waals surface area contributed by atoms with E-state index in [2.05, 4.69) is 33.6 Å². The summed E-state index contributed by atoms with van der Waals surface area (Å²) in [7, 11) is 0. The second kappa shape index (κ2) is 9.00. The van der Waals surface area contributed by atoms with Crippen molar-refractivity contribution in [2.24, 2.45) is 0 Å². The summed E-state index contributed by atoms with van der Waals surface area (Å²) >= 11 is 1.36. The number of aryl methyl sites for hydroxylation is 4. The van der Waals surface area contributed by atoms with Gasteiger partial charge in [-0.1, -0.05) is 41.6 Å². The number of carbonyl (C=O) groups excluding carboxylic acids is 1. The highest BCUT2D eigenvalue weighted by Gasteiger charge is 2.17. The topological polar surface area (TPSA) is 77.6 Å². The Morgan fingerprint density at radius 2 is 1.69 bits per heavy atom. The fraction of sp³-hybridized carbons (Fsp3) is 0.250. The van der Waals surface area contributed by atoms with Crippen molar-refractivity contribution >= 4 is 23.4 Å². The smallest absolute Gasteiger partial charge is 0.234 e. The van der Waals surface area contributed by atoms with E-state index in [0.717, 1.165) is 39.8 Å². The normalized spacial score (nSPS) is 11.0. The first-order chi connectivity index (χ1) is 15.3. The van der Waals surface area contributed by atoms with Crippen LogP contribution in [0, 0.1) is 34.6 Å². The molecule has 1 N–H and O–H groups in total. The molecular formula is C24H26N6OS. The Labute approximate surface area is 191 Å². The quantitative estimate of drug-likeness (QED) is 0.434. The summed E-state index contributed by atoms with van der Waals surface area (Å²) in [5, 5.41) is 16.8. The van der Waals surface area contributed by atoms with E-state index in [1.165, 1.54) is 17.3 Å². The number of amides is 1. The number of anilines is 1. The zero-order chi connectivity index (χ0) is 22.8. The van der Waals surface area contributed by atoms with Gasteiger partial charge in [0.1, 0.15) is 5.82 Å². The maximum Gasteiger partial charge on any atom is 0.234 e. The van der Waals surface area contributed by atoms with E-state index in [4.69, 9.17) is 0 Å². The molecule has 2 aromatic heterocycles. The molecule has 0 atom stereocenters. The third-order valence-corrected chi connectivity index (χ3v) is 6.15. The van der Waals surface area contributed by atoms with E-state index in [0.29, 0.717) is 5.16 Å². The van der Waals surface area contributed by atoms with Crippen LogP contribution < -0.4 is 5.32 Å². The van der Waals surface area contributed by atoms with Crippen molar-refractivity contribution in [2.45, 2.75) is 39.8 Å². The predicted molar refractivity (Wildman–Crippen MR) is 128 cm³/mol. The molecule has 2 aromatic carbocycles. The lowest BCUT2D eigenvalue weighted by atomic mass is 10.2. The summed E-state index contributed by atoms with van der Waals surface area (Å²) < 4.78 is 3.83.